The number of benzene rings is 2. The summed E-state index contributed by atoms with van der Waals surface area (Å²) in [6.07, 6.45) is 0. The predicted molar refractivity (Wildman–Crippen MR) is 144 cm³/mol. The normalized spacial score (nSPS) is 13.1. The van der Waals surface area contributed by atoms with Gasteiger partial charge in [-0.3, -0.25) is 0 Å². The number of carbonyl (C=O) groups is 3. The van der Waals surface area contributed by atoms with Crippen molar-refractivity contribution in [3.8, 4) is 5.69 Å². The van der Waals surface area contributed by atoms with Gasteiger partial charge < -0.3 is 29.7 Å². The van der Waals surface area contributed by atoms with Gasteiger partial charge in [0.15, 0.2) is 0 Å². The van der Waals surface area contributed by atoms with Gasteiger partial charge in [-0.2, -0.15) is 0 Å². The molecule has 3 N–H and O–H groups in total. The van der Waals surface area contributed by atoms with E-state index in [4.69, 9.17) is 10.2 Å². The molecule has 0 radical (unpaired) electrons. The number of aromatic nitrogens is 1. The van der Waals surface area contributed by atoms with Gasteiger partial charge in [0, 0.05) is 37.6 Å². The van der Waals surface area contributed by atoms with Gasteiger partial charge in [-0.15, -0.1) is 0 Å². The Hall–Kier alpha value is -4.11. The molecule has 1 aromatic heterocycles. The molecule has 0 aliphatic carbocycles. The number of nitrogens with zero attached hydrogens (tertiary/aromatic N) is 3. The molecular weight excluding hydrogens is 474 g/mol. The number of aromatic carboxylic acids is 3. The van der Waals surface area contributed by atoms with E-state index in [1.807, 2.05) is 52.0 Å². The van der Waals surface area contributed by atoms with E-state index >= 15 is 0 Å². The van der Waals surface area contributed by atoms with Crippen LogP contribution in [0.15, 0.2) is 54.6 Å². The van der Waals surface area contributed by atoms with Crippen LogP contribution in [0.5, 0.6) is 0 Å². The van der Waals surface area contributed by atoms with Crippen LogP contribution in [-0.4, -0.2) is 75.9 Å². The molecule has 37 heavy (non-hydrogen) atoms. The highest BCUT2D eigenvalue weighted by atomic mass is 16.4. The quantitative estimate of drug-likeness (QED) is 0.454. The van der Waals surface area contributed by atoms with Gasteiger partial charge >= 0.3 is 17.9 Å². The standard InChI is InChI=1S/C14H13NO4.C12H16N2O2.C2H6/c1-8-3-4-9(2)15(8)12-7-10(13(16)17)5-6-11(12)14(18)19;1-13-6-8-14(9-7-13)11-5-3-2-4-10(11)12(15)16;1-2/h3-7H,1-2H3,(H,16,17)(H,18,19);2-5H,6-9H2,1H3,(H,15,16);1-2H3. The summed E-state index contributed by atoms with van der Waals surface area (Å²) < 4.78 is 1.73. The lowest BCUT2D eigenvalue weighted by Gasteiger charge is -2.34. The fraction of sp³-hybridized carbons (Fsp3) is 0.321. The van der Waals surface area contributed by atoms with Crippen LogP contribution in [0.4, 0.5) is 5.69 Å². The van der Waals surface area contributed by atoms with Gasteiger partial charge in [-0.1, -0.05) is 26.0 Å². The summed E-state index contributed by atoms with van der Waals surface area (Å²) in [5.74, 6) is -3.02. The molecule has 0 spiro atoms. The van der Waals surface area contributed by atoms with Crippen molar-refractivity contribution in [2.75, 3.05) is 38.1 Å². The smallest absolute Gasteiger partial charge is 0.337 e. The third kappa shape index (κ3) is 7.20. The summed E-state index contributed by atoms with van der Waals surface area (Å²) in [6, 6.07) is 14.9. The molecular formula is C28H35N3O6. The third-order valence-electron chi connectivity index (χ3n) is 5.97. The molecule has 3 aromatic rings. The minimum absolute atomic E-state index is 0.0625. The Labute approximate surface area is 217 Å². The first-order valence-electron chi connectivity index (χ1n) is 12.1. The third-order valence-corrected chi connectivity index (χ3v) is 5.97. The monoisotopic (exact) mass is 509 g/mol. The Morgan fingerprint density at radius 2 is 1.19 bits per heavy atom. The van der Waals surface area contributed by atoms with E-state index in [1.54, 1.807) is 16.7 Å². The van der Waals surface area contributed by atoms with Gasteiger partial charge in [0.25, 0.3) is 0 Å². The minimum atomic E-state index is -1.08. The Bertz CT molecular complexity index is 1220. The van der Waals surface area contributed by atoms with Crippen LogP contribution >= 0.6 is 0 Å². The lowest BCUT2D eigenvalue weighted by molar-refractivity contribution is 0.0681. The summed E-state index contributed by atoms with van der Waals surface area (Å²) in [7, 11) is 2.08. The highest BCUT2D eigenvalue weighted by Gasteiger charge is 2.19. The number of carboxylic acids is 3. The number of hydrogen-bond donors (Lipinski definition) is 3. The Morgan fingerprint density at radius 3 is 1.70 bits per heavy atom. The largest absolute Gasteiger partial charge is 0.478 e. The first-order chi connectivity index (χ1) is 17.6. The van der Waals surface area contributed by atoms with Crippen LogP contribution in [0.2, 0.25) is 0 Å². The second-order valence-corrected chi connectivity index (χ2v) is 8.41. The predicted octanol–water partition coefficient (Wildman–Crippen LogP) is 4.65. The molecule has 0 unspecified atom stereocenters. The Morgan fingerprint density at radius 1 is 0.676 bits per heavy atom. The molecule has 9 heteroatoms. The zero-order chi connectivity index (χ0) is 27.7. The van der Waals surface area contributed by atoms with Crippen LogP contribution in [0.25, 0.3) is 5.69 Å². The molecule has 1 fully saturated rings. The number of likely N-dealkylation sites (N-methyl/N-ethyl adjacent to an activating group) is 1. The maximum absolute atomic E-state index is 11.3. The Kier molecular flexibility index (Phi) is 10.4. The van der Waals surface area contributed by atoms with E-state index in [1.165, 1.54) is 18.2 Å². The molecule has 4 rings (SSSR count). The van der Waals surface area contributed by atoms with E-state index in [2.05, 4.69) is 16.8 Å². The maximum atomic E-state index is 11.3. The van der Waals surface area contributed by atoms with Crippen LogP contribution in [0.3, 0.4) is 0 Å². The van der Waals surface area contributed by atoms with Gasteiger partial charge in [-0.05, 0) is 63.4 Å². The topological polar surface area (TPSA) is 123 Å². The number of carboxylic acid groups (broad SMARTS) is 3. The summed E-state index contributed by atoms with van der Waals surface area (Å²) >= 11 is 0. The summed E-state index contributed by atoms with van der Waals surface area (Å²) in [6.45, 7) is 11.4. The molecule has 0 atom stereocenters. The van der Waals surface area contributed by atoms with Crippen molar-refractivity contribution < 1.29 is 29.7 Å². The Balaban J connectivity index is 0.000000247. The average Bonchev–Trinajstić information content (AvgIpc) is 3.23. The van der Waals surface area contributed by atoms with Crippen molar-refractivity contribution in [3.63, 3.8) is 0 Å². The number of anilines is 1. The van der Waals surface area contributed by atoms with E-state index in [9.17, 15) is 19.5 Å². The molecule has 1 aliphatic heterocycles. The van der Waals surface area contributed by atoms with Crippen molar-refractivity contribution in [2.45, 2.75) is 27.7 Å². The second kappa shape index (κ2) is 13.3. The van der Waals surface area contributed by atoms with Crippen LogP contribution in [0.1, 0.15) is 56.3 Å². The van der Waals surface area contributed by atoms with Gasteiger partial charge in [0.05, 0.1) is 28.1 Å². The molecule has 1 aliphatic rings. The minimum Gasteiger partial charge on any atom is -0.478 e. The van der Waals surface area contributed by atoms with Gasteiger partial charge in [-0.25, -0.2) is 14.4 Å². The highest BCUT2D eigenvalue weighted by molar-refractivity contribution is 5.96. The fourth-order valence-electron chi connectivity index (χ4n) is 4.06. The summed E-state index contributed by atoms with van der Waals surface area (Å²) in [4.78, 5) is 37.8. The molecule has 2 aromatic carbocycles. The van der Waals surface area contributed by atoms with Crippen molar-refractivity contribution in [1.29, 1.82) is 0 Å². The van der Waals surface area contributed by atoms with Crippen molar-refractivity contribution in [3.05, 3.63) is 82.7 Å². The van der Waals surface area contributed by atoms with Crippen molar-refractivity contribution >= 4 is 23.6 Å². The molecule has 0 amide bonds. The van der Waals surface area contributed by atoms with E-state index in [-0.39, 0.29) is 11.1 Å². The molecule has 0 bridgehead atoms. The molecule has 2 heterocycles. The number of rotatable bonds is 5. The second-order valence-electron chi connectivity index (χ2n) is 8.41. The van der Waals surface area contributed by atoms with Crippen LogP contribution in [0, 0.1) is 13.8 Å². The number of aryl methyl sites for hydroxylation is 2. The number of para-hydroxylation sites is 1. The van der Waals surface area contributed by atoms with Crippen LogP contribution in [-0.2, 0) is 0 Å². The van der Waals surface area contributed by atoms with E-state index in [0.29, 0.717) is 11.3 Å². The SMILES string of the molecule is CC.CN1CCN(c2ccccc2C(=O)O)CC1.Cc1ccc(C)n1-c1cc(C(=O)O)ccc1C(=O)O. The van der Waals surface area contributed by atoms with Gasteiger partial charge in [0.1, 0.15) is 0 Å². The average molecular weight is 510 g/mol. The van der Waals surface area contributed by atoms with Crippen molar-refractivity contribution in [1.82, 2.24) is 9.47 Å². The number of piperazine rings is 1. The highest BCUT2D eigenvalue weighted by Crippen LogP contribution is 2.23. The maximum Gasteiger partial charge on any atom is 0.337 e. The molecule has 1 saturated heterocycles. The van der Waals surface area contributed by atoms with Crippen molar-refractivity contribution in [2.24, 2.45) is 0 Å². The van der Waals surface area contributed by atoms with Crippen LogP contribution < -0.4 is 4.90 Å². The zero-order valence-electron chi connectivity index (χ0n) is 21.9. The molecule has 198 valence electrons. The summed E-state index contributed by atoms with van der Waals surface area (Å²) in [5, 5.41) is 27.3. The molecule has 9 nitrogen and oxygen atoms in total. The lowest BCUT2D eigenvalue weighted by atomic mass is 10.1. The fourth-order valence-corrected chi connectivity index (χ4v) is 4.06. The summed E-state index contributed by atoms with van der Waals surface area (Å²) in [5.41, 5.74) is 3.44. The van der Waals surface area contributed by atoms with Gasteiger partial charge in [0.2, 0.25) is 0 Å². The molecule has 0 saturated carbocycles. The first kappa shape index (κ1) is 29.1. The van der Waals surface area contributed by atoms with E-state index in [0.717, 1.165) is 43.3 Å². The first-order valence-corrected chi connectivity index (χ1v) is 12.1. The lowest BCUT2D eigenvalue weighted by Crippen LogP contribution is -2.45. The zero-order valence-corrected chi connectivity index (χ0v) is 21.9. The number of hydrogen-bond acceptors (Lipinski definition) is 5. The van der Waals surface area contributed by atoms with E-state index < -0.39 is 17.9 Å².